The average Bonchev–Trinajstić information content (AvgIpc) is 2.25. The molecule has 1 heterocycles. The Morgan fingerprint density at radius 2 is 2.19 bits per heavy atom. The summed E-state index contributed by atoms with van der Waals surface area (Å²) in [4.78, 5) is 14.5. The fourth-order valence-electron chi connectivity index (χ4n) is 1.08. The maximum atomic E-state index is 10.8. The van der Waals surface area contributed by atoms with Gasteiger partial charge in [-0.2, -0.15) is 8.42 Å². The van der Waals surface area contributed by atoms with E-state index in [1.165, 1.54) is 19.3 Å². The summed E-state index contributed by atoms with van der Waals surface area (Å²) in [5, 5.41) is 0. The highest BCUT2D eigenvalue weighted by Gasteiger charge is 2.19. The Morgan fingerprint density at radius 3 is 2.69 bits per heavy atom. The van der Waals surface area contributed by atoms with E-state index in [0.29, 0.717) is 5.90 Å². The topological polar surface area (TPSA) is 82.0 Å². The molecule has 0 aromatic heterocycles. The van der Waals surface area contributed by atoms with Gasteiger partial charge in [0.1, 0.15) is 12.0 Å². The molecule has 1 atom stereocenters. The van der Waals surface area contributed by atoms with Gasteiger partial charge in [-0.25, -0.2) is 9.79 Å². The summed E-state index contributed by atoms with van der Waals surface area (Å²) >= 11 is 0. The molecule has 0 bridgehead atoms. The van der Waals surface area contributed by atoms with Crippen molar-refractivity contribution in [3.05, 3.63) is 17.7 Å². The Morgan fingerprint density at radius 1 is 1.50 bits per heavy atom. The smallest absolute Gasteiger partial charge is 0.264 e. The summed E-state index contributed by atoms with van der Waals surface area (Å²) < 4.78 is 31.0. The number of hydrogen-bond donors (Lipinski definition) is 0. The van der Waals surface area contributed by atoms with E-state index in [1.807, 2.05) is 0 Å². The molecule has 1 rings (SSSR count). The van der Waals surface area contributed by atoms with Crippen LogP contribution in [0.15, 0.2) is 22.7 Å². The minimum absolute atomic E-state index is 0.226. The SMILES string of the molecule is COC1=NC(COS(C)(=O)=O)C(=C=O)C=C1. The summed E-state index contributed by atoms with van der Waals surface area (Å²) in [6, 6.07) is -0.702. The Balaban J connectivity index is 2.80. The van der Waals surface area contributed by atoms with Crippen LogP contribution < -0.4 is 0 Å². The van der Waals surface area contributed by atoms with Crippen molar-refractivity contribution < 1.29 is 22.1 Å². The number of ether oxygens (including phenoxy) is 1. The zero-order valence-electron chi connectivity index (χ0n) is 8.84. The van der Waals surface area contributed by atoms with Crippen LogP contribution in [0, 0.1) is 0 Å². The second-order valence-electron chi connectivity index (χ2n) is 3.07. The van der Waals surface area contributed by atoms with Crippen molar-refractivity contribution in [2.24, 2.45) is 4.99 Å². The van der Waals surface area contributed by atoms with Gasteiger partial charge in [0, 0.05) is 6.08 Å². The van der Waals surface area contributed by atoms with Gasteiger partial charge in [0.2, 0.25) is 5.90 Å². The van der Waals surface area contributed by atoms with Crippen LogP contribution in [0.1, 0.15) is 0 Å². The predicted octanol–water partition coefficient (Wildman–Crippen LogP) is -0.296. The number of aliphatic imine (C=N–C) groups is 1. The zero-order valence-corrected chi connectivity index (χ0v) is 9.65. The summed E-state index contributed by atoms with van der Waals surface area (Å²) in [6.45, 7) is -0.236. The van der Waals surface area contributed by atoms with Gasteiger partial charge >= 0.3 is 0 Å². The normalized spacial score (nSPS) is 20.2. The van der Waals surface area contributed by atoms with Gasteiger partial charge in [-0.1, -0.05) is 0 Å². The van der Waals surface area contributed by atoms with Crippen molar-refractivity contribution >= 4 is 22.0 Å². The minimum atomic E-state index is -3.56. The first-order chi connectivity index (χ1) is 7.46. The second kappa shape index (κ2) is 5.07. The Hall–Kier alpha value is -1.43. The number of nitrogens with zero attached hydrogens (tertiary/aromatic N) is 1. The fraction of sp³-hybridized carbons (Fsp3) is 0.444. The van der Waals surface area contributed by atoms with Crippen molar-refractivity contribution in [1.29, 1.82) is 0 Å². The maximum Gasteiger partial charge on any atom is 0.264 e. The van der Waals surface area contributed by atoms with Gasteiger partial charge in [0.25, 0.3) is 10.1 Å². The first-order valence-corrected chi connectivity index (χ1v) is 6.17. The van der Waals surface area contributed by atoms with E-state index in [4.69, 9.17) is 4.74 Å². The first-order valence-electron chi connectivity index (χ1n) is 4.35. The van der Waals surface area contributed by atoms with E-state index in [9.17, 15) is 13.2 Å². The number of methoxy groups -OCH3 is 1. The van der Waals surface area contributed by atoms with Crippen molar-refractivity contribution in [3.63, 3.8) is 0 Å². The Labute approximate surface area is 93.4 Å². The van der Waals surface area contributed by atoms with Crippen molar-refractivity contribution in [2.75, 3.05) is 20.0 Å². The molecule has 0 N–H and O–H groups in total. The molecule has 88 valence electrons. The molecule has 0 saturated carbocycles. The number of rotatable bonds is 3. The molecule has 6 nitrogen and oxygen atoms in total. The van der Waals surface area contributed by atoms with Gasteiger partial charge < -0.3 is 4.74 Å². The molecule has 0 aromatic rings. The van der Waals surface area contributed by atoms with Crippen LogP contribution >= 0.6 is 0 Å². The van der Waals surface area contributed by atoms with Gasteiger partial charge in [0.15, 0.2) is 0 Å². The highest BCUT2D eigenvalue weighted by atomic mass is 32.2. The van der Waals surface area contributed by atoms with Crippen LogP contribution in [-0.4, -0.2) is 46.3 Å². The van der Waals surface area contributed by atoms with Crippen molar-refractivity contribution in [1.82, 2.24) is 0 Å². The fourth-order valence-corrected chi connectivity index (χ4v) is 1.45. The lowest BCUT2D eigenvalue weighted by Gasteiger charge is -2.15. The van der Waals surface area contributed by atoms with Crippen LogP contribution in [0.5, 0.6) is 0 Å². The van der Waals surface area contributed by atoms with Crippen LogP contribution in [-0.2, 0) is 23.8 Å². The van der Waals surface area contributed by atoms with Gasteiger partial charge in [0.05, 0.1) is 25.5 Å². The second-order valence-corrected chi connectivity index (χ2v) is 4.71. The minimum Gasteiger partial charge on any atom is -0.481 e. The van der Waals surface area contributed by atoms with Gasteiger partial charge in [-0.15, -0.1) is 0 Å². The average molecular weight is 245 g/mol. The number of carbonyl (C=O) groups excluding carboxylic acids is 1. The van der Waals surface area contributed by atoms with E-state index in [-0.39, 0.29) is 12.2 Å². The highest BCUT2D eigenvalue weighted by molar-refractivity contribution is 7.85. The molecular weight excluding hydrogens is 234 g/mol. The summed E-state index contributed by atoms with van der Waals surface area (Å²) in [6.07, 6.45) is 3.89. The maximum absolute atomic E-state index is 10.8. The first kappa shape index (κ1) is 12.6. The molecular formula is C9H11NO5S. The third-order valence-electron chi connectivity index (χ3n) is 1.81. The molecule has 1 aliphatic heterocycles. The molecule has 7 heteroatoms. The number of dihydropyridines is 1. The van der Waals surface area contributed by atoms with Crippen LogP contribution in [0.4, 0.5) is 0 Å². The lowest BCUT2D eigenvalue weighted by Crippen LogP contribution is -2.23. The summed E-state index contributed by atoms with van der Waals surface area (Å²) in [5.41, 5.74) is 0.226. The van der Waals surface area contributed by atoms with Gasteiger partial charge in [-0.05, 0) is 6.08 Å². The quantitative estimate of drug-likeness (QED) is 0.504. The van der Waals surface area contributed by atoms with Crippen molar-refractivity contribution in [2.45, 2.75) is 6.04 Å². The molecule has 0 aliphatic carbocycles. The van der Waals surface area contributed by atoms with E-state index in [1.54, 1.807) is 5.94 Å². The Bertz CT molecular complexity index is 470. The molecule has 0 fully saturated rings. The standard InChI is InChI=1S/C9H11NO5S/c1-14-9-4-3-7(5-11)8(10-9)6-15-16(2,12)13/h3-4,8H,6H2,1-2H3. The molecule has 1 unspecified atom stereocenters. The third kappa shape index (κ3) is 3.62. The molecule has 0 amide bonds. The van der Waals surface area contributed by atoms with Gasteiger partial charge in [-0.3, -0.25) is 4.18 Å². The highest BCUT2D eigenvalue weighted by Crippen LogP contribution is 2.13. The van der Waals surface area contributed by atoms with E-state index >= 15 is 0 Å². The van der Waals surface area contributed by atoms with Crippen LogP contribution in [0.3, 0.4) is 0 Å². The lowest BCUT2D eigenvalue weighted by atomic mass is 10.1. The van der Waals surface area contributed by atoms with E-state index in [2.05, 4.69) is 9.18 Å². The zero-order chi connectivity index (χ0) is 12.2. The Kier molecular flexibility index (Phi) is 4.00. The van der Waals surface area contributed by atoms with Crippen LogP contribution in [0.2, 0.25) is 0 Å². The number of hydrogen-bond acceptors (Lipinski definition) is 6. The molecule has 16 heavy (non-hydrogen) atoms. The monoisotopic (exact) mass is 245 g/mol. The van der Waals surface area contributed by atoms with Crippen molar-refractivity contribution in [3.8, 4) is 0 Å². The largest absolute Gasteiger partial charge is 0.481 e. The van der Waals surface area contributed by atoms with Crippen LogP contribution in [0.25, 0.3) is 0 Å². The molecule has 0 saturated heterocycles. The van der Waals surface area contributed by atoms with E-state index in [0.717, 1.165) is 6.26 Å². The third-order valence-corrected chi connectivity index (χ3v) is 2.38. The molecule has 1 aliphatic rings. The summed E-state index contributed by atoms with van der Waals surface area (Å²) in [7, 11) is -2.13. The molecule has 0 aromatic carbocycles. The predicted molar refractivity (Wildman–Crippen MR) is 57.4 cm³/mol. The lowest BCUT2D eigenvalue weighted by molar-refractivity contribution is 0.305. The summed E-state index contributed by atoms with van der Waals surface area (Å²) in [5.74, 6) is 1.98. The molecule has 0 spiro atoms. The van der Waals surface area contributed by atoms with E-state index < -0.39 is 16.2 Å². The molecule has 0 radical (unpaired) electrons.